The summed E-state index contributed by atoms with van der Waals surface area (Å²) in [7, 11) is 0. The van der Waals surface area contributed by atoms with E-state index < -0.39 is 17.7 Å². The van der Waals surface area contributed by atoms with Gasteiger partial charge >= 0.3 is 5.97 Å². The van der Waals surface area contributed by atoms with Gasteiger partial charge in [-0.05, 0) is 64.8 Å². The van der Waals surface area contributed by atoms with E-state index in [2.05, 4.69) is 21.2 Å². The van der Waals surface area contributed by atoms with E-state index in [4.69, 9.17) is 5.11 Å². The molecular weight excluding hydrogens is 341 g/mol. The van der Waals surface area contributed by atoms with Crippen molar-refractivity contribution >= 4 is 33.5 Å². The summed E-state index contributed by atoms with van der Waals surface area (Å²) >= 11 is 3.18. The number of carbonyl (C=O) groups is 2. The van der Waals surface area contributed by atoms with Crippen LogP contribution in [0.5, 0.6) is 0 Å². The van der Waals surface area contributed by atoms with Gasteiger partial charge < -0.3 is 10.4 Å². The van der Waals surface area contributed by atoms with Crippen LogP contribution in [-0.4, -0.2) is 17.0 Å². The summed E-state index contributed by atoms with van der Waals surface area (Å²) in [5, 5.41) is 11.6. The van der Waals surface area contributed by atoms with Crippen LogP contribution in [0.1, 0.15) is 26.3 Å². The molecule has 0 aliphatic rings. The third-order valence-corrected chi connectivity index (χ3v) is 3.58. The van der Waals surface area contributed by atoms with Gasteiger partial charge in [-0.15, -0.1) is 0 Å². The molecule has 2 rings (SSSR count). The van der Waals surface area contributed by atoms with E-state index in [1.807, 2.05) is 0 Å². The van der Waals surface area contributed by atoms with Crippen LogP contribution in [0.15, 0.2) is 40.9 Å². The number of carboxylic acids is 1. The Hall–Kier alpha value is -2.21. The van der Waals surface area contributed by atoms with E-state index in [9.17, 15) is 14.0 Å². The zero-order valence-corrected chi connectivity index (χ0v) is 12.6. The van der Waals surface area contributed by atoms with E-state index >= 15 is 0 Å². The zero-order valence-electron chi connectivity index (χ0n) is 11.0. The average molecular weight is 352 g/mol. The van der Waals surface area contributed by atoms with Crippen molar-refractivity contribution in [3.63, 3.8) is 0 Å². The van der Waals surface area contributed by atoms with Gasteiger partial charge in [0.15, 0.2) is 0 Å². The second kappa shape index (κ2) is 6.05. The summed E-state index contributed by atoms with van der Waals surface area (Å²) in [6.45, 7) is 1.64. The van der Waals surface area contributed by atoms with Crippen LogP contribution in [0.3, 0.4) is 0 Å². The minimum absolute atomic E-state index is 0.162. The van der Waals surface area contributed by atoms with E-state index in [0.29, 0.717) is 15.7 Å². The third kappa shape index (κ3) is 3.46. The second-order valence-electron chi connectivity index (χ2n) is 4.41. The third-order valence-electron chi connectivity index (χ3n) is 2.89. The maximum Gasteiger partial charge on any atom is 0.335 e. The van der Waals surface area contributed by atoms with Gasteiger partial charge in [0.25, 0.3) is 5.91 Å². The number of halogens is 2. The zero-order chi connectivity index (χ0) is 15.6. The van der Waals surface area contributed by atoms with Gasteiger partial charge in [0.05, 0.1) is 11.1 Å². The highest BCUT2D eigenvalue weighted by atomic mass is 79.9. The Morgan fingerprint density at radius 2 is 1.86 bits per heavy atom. The molecule has 0 unspecified atom stereocenters. The van der Waals surface area contributed by atoms with Crippen molar-refractivity contribution in [2.75, 3.05) is 5.32 Å². The second-order valence-corrected chi connectivity index (χ2v) is 5.27. The first-order chi connectivity index (χ1) is 9.88. The number of benzene rings is 2. The van der Waals surface area contributed by atoms with E-state index in [0.717, 1.165) is 6.07 Å². The van der Waals surface area contributed by atoms with Crippen LogP contribution in [0, 0.1) is 12.7 Å². The van der Waals surface area contributed by atoms with Crippen molar-refractivity contribution < 1.29 is 19.1 Å². The molecule has 1 amide bonds. The fourth-order valence-corrected chi connectivity index (χ4v) is 2.28. The van der Waals surface area contributed by atoms with Crippen LogP contribution in [0.25, 0.3) is 0 Å². The van der Waals surface area contributed by atoms with Crippen molar-refractivity contribution in [1.29, 1.82) is 0 Å². The maximum absolute atomic E-state index is 13.2. The first-order valence-electron chi connectivity index (χ1n) is 5.99. The molecule has 0 aliphatic heterocycles. The highest BCUT2D eigenvalue weighted by Gasteiger charge is 2.13. The van der Waals surface area contributed by atoms with Crippen molar-refractivity contribution in [3.05, 3.63) is 63.4 Å². The van der Waals surface area contributed by atoms with Crippen molar-refractivity contribution in [2.45, 2.75) is 6.92 Å². The van der Waals surface area contributed by atoms with Gasteiger partial charge in [-0.3, -0.25) is 4.79 Å². The molecule has 0 radical (unpaired) electrons. The molecule has 2 aromatic carbocycles. The van der Waals surface area contributed by atoms with Crippen molar-refractivity contribution in [1.82, 2.24) is 0 Å². The quantitative estimate of drug-likeness (QED) is 0.882. The number of carbonyl (C=O) groups excluding carboxylic acids is 1. The van der Waals surface area contributed by atoms with Gasteiger partial charge in [-0.2, -0.15) is 0 Å². The summed E-state index contributed by atoms with van der Waals surface area (Å²) in [4.78, 5) is 23.0. The highest BCUT2D eigenvalue weighted by molar-refractivity contribution is 9.10. The number of nitrogens with one attached hydrogen (secondary N) is 1. The predicted octanol–water partition coefficient (Wildman–Crippen LogP) is 3.85. The molecule has 0 spiro atoms. The smallest absolute Gasteiger partial charge is 0.335 e. The van der Waals surface area contributed by atoms with E-state index in [-0.39, 0.29) is 11.1 Å². The maximum atomic E-state index is 13.2. The van der Waals surface area contributed by atoms with E-state index in [1.165, 1.54) is 24.3 Å². The monoisotopic (exact) mass is 351 g/mol. The fourth-order valence-electron chi connectivity index (χ4n) is 1.85. The molecule has 21 heavy (non-hydrogen) atoms. The normalized spacial score (nSPS) is 10.2. The molecule has 0 heterocycles. The lowest BCUT2D eigenvalue weighted by Crippen LogP contribution is -2.13. The van der Waals surface area contributed by atoms with Crippen molar-refractivity contribution in [2.24, 2.45) is 0 Å². The number of hydrogen-bond acceptors (Lipinski definition) is 2. The number of amides is 1. The Bertz CT molecular complexity index is 731. The Balaban J connectivity index is 2.26. The summed E-state index contributed by atoms with van der Waals surface area (Å²) in [6, 6.07) is 8.26. The molecule has 6 heteroatoms. The minimum atomic E-state index is -1.03. The number of aryl methyl sites for hydroxylation is 1. The topological polar surface area (TPSA) is 66.4 Å². The largest absolute Gasteiger partial charge is 0.478 e. The molecule has 0 saturated carbocycles. The number of anilines is 1. The lowest BCUT2D eigenvalue weighted by atomic mass is 10.1. The standard InChI is InChI=1S/C15H11BrFNO3/c1-8-6-10(3-4-11(8)15(20)21)18-14(19)12-7-9(17)2-5-13(12)16/h2-7H,1H3,(H,18,19)(H,20,21). The Morgan fingerprint density at radius 3 is 2.48 bits per heavy atom. The van der Waals surface area contributed by atoms with Gasteiger partial charge in [-0.1, -0.05) is 0 Å². The Morgan fingerprint density at radius 1 is 1.14 bits per heavy atom. The first kappa shape index (κ1) is 15.2. The first-order valence-corrected chi connectivity index (χ1v) is 6.78. The van der Waals surface area contributed by atoms with Crippen LogP contribution in [0.4, 0.5) is 10.1 Å². The lowest BCUT2D eigenvalue weighted by Gasteiger charge is -2.09. The number of aromatic carboxylic acids is 1. The number of rotatable bonds is 3. The molecule has 0 aliphatic carbocycles. The molecule has 4 nitrogen and oxygen atoms in total. The summed E-state index contributed by atoms with van der Waals surface area (Å²) in [5.74, 6) is -2.03. The van der Waals surface area contributed by atoms with Crippen LogP contribution < -0.4 is 5.32 Å². The average Bonchev–Trinajstić information content (AvgIpc) is 2.41. The highest BCUT2D eigenvalue weighted by Crippen LogP contribution is 2.21. The van der Waals surface area contributed by atoms with Crippen LogP contribution >= 0.6 is 15.9 Å². The molecule has 0 bridgehead atoms. The fraction of sp³-hybridized carbons (Fsp3) is 0.0667. The molecule has 2 aromatic rings. The molecule has 0 aromatic heterocycles. The van der Waals surface area contributed by atoms with Crippen LogP contribution in [0.2, 0.25) is 0 Å². The number of carboxylic acid groups (broad SMARTS) is 1. The van der Waals surface area contributed by atoms with Gasteiger partial charge in [0.2, 0.25) is 0 Å². The minimum Gasteiger partial charge on any atom is -0.478 e. The van der Waals surface area contributed by atoms with E-state index in [1.54, 1.807) is 13.0 Å². The summed E-state index contributed by atoms with van der Waals surface area (Å²) in [5.41, 5.74) is 1.30. The van der Waals surface area contributed by atoms with Crippen molar-refractivity contribution in [3.8, 4) is 0 Å². The molecular formula is C15H11BrFNO3. The molecule has 0 atom stereocenters. The van der Waals surface area contributed by atoms with Gasteiger partial charge in [0, 0.05) is 10.2 Å². The Kier molecular flexibility index (Phi) is 4.37. The Labute approximate surface area is 128 Å². The molecule has 0 fully saturated rings. The molecule has 2 N–H and O–H groups in total. The summed E-state index contributed by atoms with van der Waals surface area (Å²) < 4.78 is 13.7. The lowest BCUT2D eigenvalue weighted by molar-refractivity contribution is 0.0696. The molecule has 108 valence electrons. The summed E-state index contributed by atoms with van der Waals surface area (Å²) in [6.07, 6.45) is 0. The number of hydrogen-bond donors (Lipinski definition) is 2. The SMILES string of the molecule is Cc1cc(NC(=O)c2cc(F)ccc2Br)ccc1C(=O)O. The van der Waals surface area contributed by atoms with Gasteiger partial charge in [0.1, 0.15) is 5.82 Å². The predicted molar refractivity (Wildman–Crippen MR) is 80.2 cm³/mol. The van der Waals surface area contributed by atoms with Crippen LogP contribution in [-0.2, 0) is 0 Å². The van der Waals surface area contributed by atoms with Gasteiger partial charge in [-0.25, -0.2) is 9.18 Å². The molecule has 0 saturated heterocycles.